The zero-order chi connectivity index (χ0) is 11.7. The van der Waals surface area contributed by atoms with E-state index in [0.717, 1.165) is 0 Å². The van der Waals surface area contributed by atoms with E-state index in [1.165, 1.54) is 6.07 Å². The minimum Gasteiger partial charge on any atom is -0.486 e. The van der Waals surface area contributed by atoms with Crippen LogP contribution < -0.4 is 15.2 Å². The first-order valence-corrected chi connectivity index (χ1v) is 5.45. The van der Waals surface area contributed by atoms with Gasteiger partial charge in [0.05, 0.1) is 11.0 Å². The van der Waals surface area contributed by atoms with Gasteiger partial charge in [-0.3, -0.25) is 4.79 Å². The molecule has 0 saturated heterocycles. The van der Waals surface area contributed by atoms with E-state index < -0.39 is 11.6 Å². The summed E-state index contributed by atoms with van der Waals surface area (Å²) in [5.74, 6) is -0.682. The number of rotatable bonds is 2. The lowest BCUT2D eigenvalue weighted by Crippen LogP contribution is -2.22. The largest absolute Gasteiger partial charge is 0.486 e. The first kappa shape index (κ1) is 11.3. The Morgan fingerprint density at radius 2 is 2.19 bits per heavy atom. The zero-order valence-corrected chi connectivity index (χ0v) is 9.84. The molecule has 6 heteroatoms. The second-order valence-corrected chi connectivity index (χ2v) is 4.05. The van der Waals surface area contributed by atoms with Crippen LogP contribution in [0.2, 0.25) is 0 Å². The molecule has 1 heterocycles. The van der Waals surface area contributed by atoms with Crippen LogP contribution in [0.4, 0.5) is 4.39 Å². The van der Waals surface area contributed by atoms with Gasteiger partial charge in [0.15, 0.2) is 23.1 Å². The summed E-state index contributed by atoms with van der Waals surface area (Å²) in [5.41, 5.74) is 5.08. The van der Waals surface area contributed by atoms with Crippen LogP contribution in [0.5, 0.6) is 11.5 Å². The van der Waals surface area contributed by atoms with Gasteiger partial charge >= 0.3 is 0 Å². The van der Waals surface area contributed by atoms with E-state index in [4.69, 9.17) is 15.2 Å². The van der Waals surface area contributed by atoms with Crippen LogP contribution in [-0.4, -0.2) is 25.5 Å². The number of halogens is 2. The molecule has 0 amide bonds. The number of hydrogen-bond acceptors (Lipinski definition) is 4. The molecule has 0 aliphatic carbocycles. The van der Waals surface area contributed by atoms with E-state index in [0.29, 0.717) is 19.0 Å². The molecular weight excluding hydrogens is 281 g/mol. The number of fused-ring (bicyclic) bond motifs is 1. The van der Waals surface area contributed by atoms with Crippen molar-refractivity contribution in [1.82, 2.24) is 0 Å². The molecule has 0 aromatic heterocycles. The van der Waals surface area contributed by atoms with Crippen LogP contribution in [0, 0.1) is 5.82 Å². The van der Waals surface area contributed by atoms with Gasteiger partial charge in [0, 0.05) is 6.07 Å². The van der Waals surface area contributed by atoms with E-state index in [1.54, 1.807) is 0 Å². The third-order valence-corrected chi connectivity index (χ3v) is 2.77. The molecule has 16 heavy (non-hydrogen) atoms. The predicted molar refractivity (Wildman–Crippen MR) is 58.5 cm³/mol. The van der Waals surface area contributed by atoms with Crippen LogP contribution in [0.1, 0.15) is 10.4 Å². The van der Waals surface area contributed by atoms with E-state index in [9.17, 15) is 9.18 Å². The Bertz CT molecular complexity index is 450. The summed E-state index contributed by atoms with van der Waals surface area (Å²) in [7, 11) is 0. The molecule has 1 aliphatic heterocycles. The number of ketones is 1. The van der Waals surface area contributed by atoms with Gasteiger partial charge in [-0.25, -0.2) is 4.39 Å². The zero-order valence-electron chi connectivity index (χ0n) is 8.26. The van der Waals surface area contributed by atoms with Gasteiger partial charge in [-0.1, -0.05) is 0 Å². The molecular formula is C10H9BrFNO3. The van der Waals surface area contributed by atoms with E-state index in [-0.39, 0.29) is 22.3 Å². The van der Waals surface area contributed by atoms with Crippen LogP contribution >= 0.6 is 15.9 Å². The molecule has 0 spiro atoms. The SMILES string of the molecule is NCC(=O)c1c(F)c(Br)cc2c1OCCO2. The molecule has 0 saturated carbocycles. The van der Waals surface area contributed by atoms with Crippen LogP contribution in [-0.2, 0) is 0 Å². The van der Waals surface area contributed by atoms with E-state index in [1.807, 2.05) is 0 Å². The fourth-order valence-electron chi connectivity index (χ4n) is 1.48. The van der Waals surface area contributed by atoms with Crippen molar-refractivity contribution >= 4 is 21.7 Å². The number of ether oxygens (including phenoxy) is 2. The third-order valence-electron chi connectivity index (χ3n) is 2.19. The number of nitrogens with two attached hydrogens (primary N) is 1. The maximum atomic E-state index is 13.8. The molecule has 1 aliphatic rings. The molecule has 86 valence electrons. The highest BCUT2D eigenvalue weighted by molar-refractivity contribution is 9.10. The molecule has 2 rings (SSSR count). The standard InChI is InChI=1S/C10H9BrFNO3/c11-5-3-7-10(16-2-1-15-7)8(9(5)12)6(14)4-13/h3H,1-2,4,13H2. The maximum Gasteiger partial charge on any atom is 0.183 e. The topological polar surface area (TPSA) is 61.6 Å². The Kier molecular flexibility index (Phi) is 3.11. The van der Waals surface area contributed by atoms with Gasteiger partial charge in [-0.05, 0) is 15.9 Å². The molecule has 0 radical (unpaired) electrons. The fourth-order valence-corrected chi connectivity index (χ4v) is 1.89. The van der Waals surface area contributed by atoms with Gasteiger partial charge in [0.1, 0.15) is 18.8 Å². The lowest BCUT2D eigenvalue weighted by Gasteiger charge is -2.21. The van der Waals surface area contributed by atoms with Gasteiger partial charge < -0.3 is 15.2 Å². The average molecular weight is 290 g/mol. The van der Waals surface area contributed by atoms with Crippen molar-refractivity contribution in [2.24, 2.45) is 5.73 Å². The lowest BCUT2D eigenvalue weighted by molar-refractivity contribution is 0.0985. The maximum absolute atomic E-state index is 13.8. The van der Waals surface area contributed by atoms with Crippen LogP contribution in [0.3, 0.4) is 0 Å². The number of hydrogen-bond donors (Lipinski definition) is 1. The summed E-state index contributed by atoms with van der Waals surface area (Å²) >= 11 is 3.02. The van der Waals surface area contributed by atoms with Crippen molar-refractivity contribution in [3.63, 3.8) is 0 Å². The van der Waals surface area contributed by atoms with Crippen LogP contribution in [0.25, 0.3) is 0 Å². The minimum atomic E-state index is -0.667. The van der Waals surface area contributed by atoms with Crippen molar-refractivity contribution < 1.29 is 18.7 Å². The molecule has 0 atom stereocenters. The molecule has 0 bridgehead atoms. The van der Waals surface area contributed by atoms with Crippen molar-refractivity contribution in [2.75, 3.05) is 19.8 Å². The molecule has 0 fully saturated rings. The second-order valence-electron chi connectivity index (χ2n) is 3.20. The minimum absolute atomic E-state index is 0.141. The first-order chi connectivity index (χ1) is 7.65. The summed E-state index contributed by atoms with van der Waals surface area (Å²) < 4.78 is 24.5. The van der Waals surface area contributed by atoms with Crippen LogP contribution in [0.15, 0.2) is 10.5 Å². The molecule has 2 N–H and O–H groups in total. The van der Waals surface area contributed by atoms with Crippen molar-refractivity contribution in [1.29, 1.82) is 0 Å². The van der Waals surface area contributed by atoms with E-state index >= 15 is 0 Å². The predicted octanol–water partition coefficient (Wildman–Crippen LogP) is 1.50. The smallest absolute Gasteiger partial charge is 0.183 e. The van der Waals surface area contributed by atoms with Crippen molar-refractivity contribution in [2.45, 2.75) is 0 Å². The average Bonchev–Trinajstić information content (AvgIpc) is 2.30. The Hall–Kier alpha value is -1.14. The Morgan fingerprint density at radius 3 is 2.88 bits per heavy atom. The fraction of sp³-hybridized carbons (Fsp3) is 0.300. The molecule has 1 aromatic carbocycles. The lowest BCUT2D eigenvalue weighted by atomic mass is 10.1. The highest BCUT2D eigenvalue weighted by Crippen LogP contribution is 2.39. The second kappa shape index (κ2) is 4.39. The van der Waals surface area contributed by atoms with Gasteiger partial charge in [0.25, 0.3) is 0 Å². The summed E-state index contributed by atoms with van der Waals surface area (Å²) in [6.45, 7) is 0.392. The van der Waals surface area contributed by atoms with Gasteiger partial charge in [-0.2, -0.15) is 0 Å². The van der Waals surface area contributed by atoms with Gasteiger partial charge in [-0.15, -0.1) is 0 Å². The summed E-state index contributed by atoms with van der Waals surface area (Å²) in [4.78, 5) is 11.5. The normalized spacial score (nSPS) is 13.7. The molecule has 1 aromatic rings. The summed E-state index contributed by atoms with van der Waals surface area (Å²) in [6, 6.07) is 1.44. The molecule has 0 unspecified atom stereocenters. The quantitative estimate of drug-likeness (QED) is 0.838. The van der Waals surface area contributed by atoms with Crippen molar-refractivity contribution in [3.8, 4) is 11.5 Å². The third kappa shape index (κ3) is 1.78. The Labute approximate surface area is 99.6 Å². The highest BCUT2D eigenvalue weighted by Gasteiger charge is 2.26. The van der Waals surface area contributed by atoms with Gasteiger partial charge in [0.2, 0.25) is 0 Å². The Morgan fingerprint density at radius 1 is 1.50 bits per heavy atom. The number of carbonyl (C=O) groups excluding carboxylic acids is 1. The molecule has 4 nitrogen and oxygen atoms in total. The summed E-state index contributed by atoms with van der Waals surface area (Å²) in [5, 5.41) is 0. The number of carbonyl (C=O) groups is 1. The number of Topliss-reactive ketones (excluding diaryl/α,β-unsaturated/α-hetero) is 1. The highest BCUT2D eigenvalue weighted by atomic mass is 79.9. The Balaban J connectivity index is 2.63. The number of benzene rings is 1. The van der Waals surface area contributed by atoms with Crippen molar-refractivity contribution in [3.05, 3.63) is 21.9 Å². The first-order valence-electron chi connectivity index (χ1n) is 4.66. The summed E-state index contributed by atoms with van der Waals surface area (Å²) in [6.07, 6.45) is 0. The monoisotopic (exact) mass is 289 g/mol. The van der Waals surface area contributed by atoms with E-state index in [2.05, 4.69) is 15.9 Å².